The topological polar surface area (TPSA) is 35.4 Å². The molecule has 4 nitrogen and oxygen atoms in total. The highest BCUT2D eigenvalue weighted by Crippen LogP contribution is 2.43. The maximum atomic E-state index is 6.73. The summed E-state index contributed by atoms with van der Waals surface area (Å²) >= 11 is 0. The number of aliphatic imine (C=N–C) groups is 1. The van der Waals surface area contributed by atoms with Crippen molar-refractivity contribution in [1.29, 1.82) is 0 Å². The van der Waals surface area contributed by atoms with Crippen LogP contribution in [0.4, 0.5) is 0 Å². The molecule has 0 aliphatic rings. The number of allylic oxidation sites excluding steroid dienone is 2. The summed E-state index contributed by atoms with van der Waals surface area (Å²) in [6, 6.07) is 66.2. The Kier molecular flexibility index (Phi) is 7.83. The maximum Gasteiger partial charge on any atom is 0.137 e. The minimum Gasteiger partial charge on any atom is -0.456 e. The van der Waals surface area contributed by atoms with Crippen molar-refractivity contribution in [2.45, 2.75) is 6.92 Å². The molecule has 8 aromatic carbocycles. The number of hydrogen-bond donors (Lipinski definition) is 0. The molecule has 0 atom stereocenters. The molecule has 0 fully saturated rings. The Morgan fingerprint density at radius 2 is 1.05 bits per heavy atom. The van der Waals surface area contributed by atoms with Gasteiger partial charge in [-0.15, -0.1) is 0 Å². The fourth-order valence-electron chi connectivity index (χ4n) is 8.79. The van der Waals surface area contributed by atoms with Crippen LogP contribution in [-0.2, 0) is 0 Å². The molecule has 0 N–H and O–H groups in total. The van der Waals surface area contributed by atoms with Gasteiger partial charge in [0, 0.05) is 55.2 Å². The van der Waals surface area contributed by atoms with Crippen LogP contribution in [0.2, 0.25) is 0 Å². The monoisotopic (exact) mass is 743 g/mol. The van der Waals surface area contributed by atoms with Crippen molar-refractivity contribution in [3.05, 3.63) is 217 Å². The molecule has 0 spiro atoms. The lowest BCUT2D eigenvalue weighted by molar-refractivity contribution is 0.668. The first-order chi connectivity index (χ1) is 28.6. The second-order valence-electron chi connectivity index (χ2n) is 14.9. The minimum atomic E-state index is 0.673. The highest BCUT2D eigenvalue weighted by molar-refractivity contribution is 6.24. The van der Waals surface area contributed by atoms with Gasteiger partial charge in [-0.2, -0.15) is 0 Å². The number of benzene rings is 8. The molecule has 11 rings (SSSR count). The normalized spacial score (nSPS) is 12.5. The molecular weight excluding hydrogens is 707 g/mol. The van der Waals surface area contributed by atoms with Crippen molar-refractivity contribution < 1.29 is 4.42 Å². The summed E-state index contributed by atoms with van der Waals surface area (Å²) in [5, 5.41) is 6.87. The molecule has 3 heterocycles. The van der Waals surface area contributed by atoms with Crippen LogP contribution in [0.5, 0.6) is 0 Å². The summed E-state index contributed by atoms with van der Waals surface area (Å²) in [7, 11) is 0. The highest BCUT2D eigenvalue weighted by Gasteiger charge is 2.22. The first kappa shape index (κ1) is 33.6. The largest absolute Gasteiger partial charge is 0.456 e. The van der Waals surface area contributed by atoms with Gasteiger partial charge in [0.1, 0.15) is 11.2 Å². The molecule has 0 unspecified atom stereocenters. The molecule has 274 valence electrons. The molecule has 3 aromatic heterocycles. The van der Waals surface area contributed by atoms with E-state index in [-0.39, 0.29) is 0 Å². The summed E-state index contributed by atoms with van der Waals surface area (Å²) in [6.07, 6.45) is 2.15. The standard InChI is InChI=1S/C54H37N3O/c1-35(37-17-6-3-7-18-37)33-47(38-19-8-4-9-20-38)55-36(2)41-25-16-28-50-52(41)46-30-29-40(34-51(46)58-50)57-49-27-15-13-24-43(49)45-32-31-44-42-23-12-14-26-48(42)56(53(44)54(45)57)39-21-10-5-11-22-39/h3-34H,2H2,1H3/b35-33+,55-47+. The number of aromatic nitrogens is 2. The van der Waals surface area contributed by atoms with Crippen molar-refractivity contribution in [2.24, 2.45) is 4.99 Å². The van der Waals surface area contributed by atoms with Crippen molar-refractivity contribution in [2.75, 3.05) is 0 Å². The van der Waals surface area contributed by atoms with Crippen molar-refractivity contribution in [1.82, 2.24) is 9.13 Å². The predicted molar refractivity (Wildman–Crippen MR) is 245 cm³/mol. The average molecular weight is 744 g/mol. The Labute approximate surface area is 335 Å². The van der Waals surface area contributed by atoms with Gasteiger partial charge in [0.05, 0.1) is 39.2 Å². The van der Waals surface area contributed by atoms with Gasteiger partial charge in [-0.25, -0.2) is 4.99 Å². The van der Waals surface area contributed by atoms with Crippen molar-refractivity contribution >= 4 is 82.5 Å². The third kappa shape index (κ3) is 5.34. The van der Waals surface area contributed by atoms with E-state index in [1.807, 2.05) is 36.4 Å². The summed E-state index contributed by atoms with van der Waals surface area (Å²) in [4.78, 5) is 5.22. The third-order valence-corrected chi connectivity index (χ3v) is 11.4. The number of rotatable bonds is 7. The lowest BCUT2D eigenvalue weighted by Gasteiger charge is -2.12. The highest BCUT2D eigenvalue weighted by atomic mass is 16.3. The number of para-hydroxylation sites is 3. The smallest absolute Gasteiger partial charge is 0.137 e. The van der Waals surface area contributed by atoms with Gasteiger partial charge in [0.15, 0.2) is 0 Å². The molecule has 58 heavy (non-hydrogen) atoms. The predicted octanol–water partition coefficient (Wildman–Crippen LogP) is 14.3. The van der Waals surface area contributed by atoms with Gasteiger partial charge < -0.3 is 13.6 Å². The number of hydrogen-bond acceptors (Lipinski definition) is 2. The third-order valence-electron chi connectivity index (χ3n) is 11.4. The van der Waals surface area contributed by atoms with Crippen LogP contribution in [0, 0.1) is 0 Å². The Morgan fingerprint density at radius 1 is 0.500 bits per heavy atom. The lowest BCUT2D eigenvalue weighted by atomic mass is 10.0. The van der Waals surface area contributed by atoms with E-state index in [9.17, 15) is 0 Å². The van der Waals surface area contributed by atoms with Crippen LogP contribution in [0.3, 0.4) is 0 Å². The van der Waals surface area contributed by atoms with Gasteiger partial charge in [0.2, 0.25) is 0 Å². The van der Waals surface area contributed by atoms with Crippen molar-refractivity contribution in [3.63, 3.8) is 0 Å². The molecule has 11 aromatic rings. The van der Waals surface area contributed by atoms with Gasteiger partial charge in [0.25, 0.3) is 0 Å². The van der Waals surface area contributed by atoms with E-state index < -0.39 is 0 Å². The Bertz CT molecular complexity index is 3450. The molecule has 0 aliphatic heterocycles. The number of nitrogens with zero attached hydrogens (tertiary/aromatic N) is 3. The Morgan fingerprint density at radius 3 is 1.71 bits per heavy atom. The van der Waals surface area contributed by atoms with Crippen LogP contribution < -0.4 is 0 Å². The number of furan rings is 1. The maximum absolute atomic E-state index is 6.73. The fraction of sp³-hybridized carbons (Fsp3) is 0.0185. The SMILES string of the molecule is C=C(/N=C(\C=C(/C)c1ccccc1)c1ccccc1)c1cccc2oc3cc(-n4c5ccccc5c5ccc6c7ccccc7n(-c7ccccc7)c6c54)ccc3c12. The average Bonchev–Trinajstić information content (AvgIpc) is 3.94. The van der Waals surface area contributed by atoms with E-state index in [2.05, 4.69) is 180 Å². The molecule has 0 saturated carbocycles. The summed E-state index contributed by atoms with van der Waals surface area (Å²) in [5.41, 5.74) is 14.2. The van der Waals surface area contributed by atoms with Crippen LogP contribution >= 0.6 is 0 Å². The first-order valence-electron chi connectivity index (χ1n) is 19.7. The summed E-state index contributed by atoms with van der Waals surface area (Å²) < 4.78 is 11.6. The van der Waals surface area contributed by atoms with E-state index in [0.29, 0.717) is 5.70 Å². The second-order valence-corrected chi connectivity index (χ2v) is 14.9. The van der Waals surface area contributed by atoms with Gasteiger partial charge >= 0.3 is 0 Å². The molecule has 0 amide bonds. The molecular formula is C54H37N3O. The van der Waals surface area contributed by atoms with Gasteiger partial charge in [-0.1, -0.05) is 146 Å². The fourth-order valence-corrected chi connectivity index (χ4v) is 8.79. The minimum absolute atomic E-state index is 0.673. The van der Waals surface area contributed by atoms with Crippen LogP contribution in [0.25, 0.3) is 88.2 Å². The van der Waals surface area contributed by atoms with Gasteiger partial charge in [-0.05, 0) is 66.6 Å². The first-order valence-corrected chi connectivity index (χ1v) is 19.7. The Balaban J connectivity index is 1.11. The zero-order chi connectivity index (χ0) is 38.7. The summed E-state index contributed by atoms with van der Waals surface area (Å²) in [6.45, 7) is 6.68. The number of fused-ring (bicyclic) bond motifs is 10. The second kappa shape index (κ2) is 13.5. The van der Waals surface area contributed by atoms with E-state index in [1.54, 1.807) is 0 Å². The van der Waals surface area contributed by atoms with Crippen molar-refractivity contribution in [3.8, 4) is 11.4 Å². The molecule has 4 heteroatoms. The van der Waals surface area contributed by atoms with Gasteiger partial charge in [-0.3, -0.25) is 0 Å². The van der Waals surface area contributed by atoms with E-state index in [4.69, 9.17) is 9.41 Å². The van der Waals surface area contributed by atoms with Crippen LogP contribution in [-0.4, -0.2) is 14.8 Å². The zero-order valence-corrected chi connectivity index (χ0v) is 31.9. The zero-order valence-electron chi connectivity index (χ0n) is 31.9. The quantitative estimate of drug-likeness (QED) is 0.150. The van der Waals surface area contributed by atoms with E-state index >= 15 is 0 Å². The summed E-state index contributed by atoms with van der Waals surface area (Å²) in [5.74, 6) is 0. The lowest BCUT2D eigenvalue weighted by Crippen LogP contribution is -1.99. The van der Waals surface area contributed by atoms with E-state index in [1.165, 1.54) is 32.6 Å². The molecule has 0 bridgehead atoms. The Hall–Kier alpha value is -7.69. The molecule has 0 radical (unpaired) electrons. The molecule has 0 saturated heterocycles. The van der Waals surface area contributed by atoms with Crippen LogP contribution in [0.15, 0.2) is 210 Å². The van der Waals surface area contributed by atoms with E-state index in [0.717, 1.165) is 72.3 Å². The molecule has 0 aliphatic carbocycles. The van der Waals surface area contributed by atoms with Crippen LogP contribution in [0.1, 0.15) is 23.6 Å².